The van der Waals surface area contributed by atoms with Gasteiger partial charge in [-0.05, 0) is 42.5 Å². The molecule has 0 bridgehead atoms. The molecule has 0 radical (unpaired) electrons. The van der Waals surface area contributed by atoms with Crippen molar-refractivity contribution in [2.24, 2.45) is 0 Å². The predicted molar refractivity (Wildman–Crippen MR) is 107 cm³/mol. The SMILES string of the molecule is N#Cc1cccc(S(=O)(=O)Nc2ccc(N3CCOCC3)c3cccnc23)c1. The molecule has 0 amide bonds. The quantitative estimate of drug-likeness (QED) is 0.731. The lowest BCUT2D eigenvalue weighted by molar-refractivity contribution is 0.123. The van der Waals surface area contributed by atoms with Crippen LogP contribution in [-0.4, -0.2) is 39.7 Å². The van der Waals surface area contributed by atoms with E-state index >= 15 is 0 Å². The molecule has 1 aliphatic rings. The highest BCUT2D eigenvalue weighted by atomic mass is 32.2. The lowest BCUT2D eigenvalue weighted by atomic mass is 10.1. The fourth-order valence-corrected chi connectivity index (χ4v) is 4.37. The van der Waals surface area contributed by atoms with E-state index in [2.05, 4.69) is 14.6 Å². The number of hydrogen-bond donors (Lipinski definition) is 1. The van der Waals surface area contributed by atoms with Crippen LogP contribution < -0.4 is 9.62 Å². The summed E-state index contributed by atoms with van der Waals surface area (Å²) in [6.45, 7) is 2.86. The fourth-order valence-electron chi connectivity index (χ4n) is 3.26. The second-order valence-corrected chi connectivity index (χ2v) is 8.06. The summed E-state index contributed by atoms with van der Waals surface area (Å²) in [5.41, 5.74) is 2.26. The zero-order valence-corrected chi connectivity index (χ0v) is 15.8. The molecule has 8 heteroatoms. The van der Waals surface area contributed by atoms with Crippen LogP contribution in [0.1, 0.15) is 5.56 Å². The third-order valence-electron chi connectivity index (χ3n) is 4.62. The summed E-state index contributed by atoms with van der Waals surface area (Å²) in [5.74, 6) is 0. The first-order valence-electron chi connectivity index (χ1n) is 8.82. The number of nitrogens with one attached hydrogen (secondary N) is 1. The normalized spacial score (nSPS) is 14.6. The number of nitrogens with zero attached hydrogens (tertiary/aromatic N) is 3. The third kappa shape index (κ3) is 3.50. The van der Waals surface area contributed by atoms with Gasteiger partial charge in [-0.1, -0.05) is 6.07 Å². The Morgan fingerprint density at radius 2 is 1.93 bits per heavy atom. The molecular formula is C20H18N4O3S. The zero-order valence-electron chi connectivity index (χ0n) is 15.0. The molecule has 1 fully saturated rings. The highest BCUT2D eigenvalue weighted by Crippen LogP contribution is 2.32. The second kappa shape index (κ2) is 7.46. The number of ether oxygens (including phenoxy) is 1. The van der Waals surface area contributed by atoms with Crippen LogP contribution in [0.4, 0.5) is 11.4 Å². The van der Waals surface area contributed by atoms with Crippen molar-refractivity contribution in [3.8, 4) is 6.07 Å². The van der Waals surface area contributed by atoms with Crippen molar-refractivity contribution in [2.75, 3.05) is 35.9 Å². The van der Waals surface area contributed by atoms with E-state index in [4.69, 9.17) is 10.00 Å². The number of fused-ring (bicyclic) bond motifs is 1. The Kier molecular flexibility index (Phi) is 4.86. The molecule has 142 valence electrons. The number of sulfonamides is 1. The minimum atomic E-state index is -3.85. The smallest absolute Gasteiger partial charge is 0.262 e. The van der Waals surface area contributed by atoms with Crippen LogP contribution in [-0.2, 0) is 14.8 Å². The van der Waals surface area contributed by atoms with Gasteiger partial charge in [-0.25, -0.2) is 8.42 Å². The van der Waals surface area contributed by atoms with Crippen molar-refractivity contribution in [3.63, 3.8) is 0 Å². The molecule has 4 rings (SSSR count). The van der Waals surface area contributed by atoms with Gasteiger partial charge < -0.3 is 9.64 Å². The van der Waals surface area contributed by atoms with Crippen molar-refractivity contribution >= 4 is 32.3 Å². The van der Waals surface area contributed by atoms with Crippen LogP contribution in [0.15, 0.2) is 59.6 Å². The van der Waals surface area contributed by atoms with E-state index in [0.717, 1.165) is 24.2 Å². The molecule has 7 nitrogen and oxygen atoms in total. The Labute approximate surface area is 163 Å². The lowest BCUT2D eigenvalue weighted by Gasteiger charge is -2.30. The lowest BCUT2D eigenvalue weighted by Crippen LogP contribution is -2.36. The Bertz CT molecular complexity index is 1170. The van der Waals surface area contributed by atoms with Gasteiger partial charge in [0.2, 0.25) is 0 Å². The number of hydrogen-bond acceptors (Lipinski definition) is 6. The van der Waals surface area contributed by atoms with E-state index in [1.165, 1.54) is 12.1 Å². The largest absolute Gasteiger partial charge is 0.378 e. The van der Waals surface area contributed by atoms with Gasteiger partial charge in [-0.2, -0.15) is 5.26 Å². The summed E-state index contributed by atoms with van der Waals surface area (Å²) >= 11 is 0. The number of morpholine rings is 1. The highest BCUT2D eigenvalue weighted by Gasteiger charge is 2.19. The van der Waals surface area contributed by atoms with E-state index in [1.807, 2.05) is 24.3 Å². The van der Waals surface area contributed by atoms with E-state index < -0.39 is 10.0 Å². The molecule has 0 saturated carbocycles. The summed E-state index contributed by atoms with van der Waals surface area (Å²) < 4.78 is 33.7. The molecule has 2 aromatic carbocycles. The average molecular weight is 394 g/mol. The van der Waals surface area contributed by atoms with Gasteiger partial charge in [-0.3, -0.25) is 9.71 Å². The van der Waals surface area contributed by atoms with E-state index in [-0.39, 0.29) is 10.5 Å². The fraction of sp³-hybridized carbons (Fsp3) is 0.200. The van der Waals surface area contributed by atoms with Crippen molar-refractivity contribution in [3.05, 3.63) is 60.3 Å². The molecule has 0 spiro atoms. The van der Waals surface area contributed by atoms with Crippen LogP contribution in [0.25, 0.3) is 10.9 Å². The second-order valence-electron chi connectivity index (χ2n) is 6.38. The maximum atomic E-state index is 12.8. The minimum absolute atomic E-state index is 0.0351. The number of rotatable bonds is 4. The highest BCUT2D eigenvalue weighted by molar-refractivity contribution is 7.92. The first kappa shape index (κ1) is 18.2. The molecule has 1 aliphatic heterocycles. The molecule has 0 atom stereocenters. The van der Waals surface area contributed by atoms with E-state index in [9.17, 15) is 8.42 Å². The molecular weight excluding hydrogens is 376 g/mol. The van der Waals surface area contributed by atoms with Crippen LogP contribution in [0.5, 0.6) is 0 Å². The topological polar surface area (TPSA) is 95.3 Å². The zero-order chi connectivity index (χ0) is 19.6. The Morgan fingerprint density at radius 1 is 1.11 bits per heavy atom. The number of benzene rings is 2. The molecule has 0 aliphatic carbocycles. The Hall–Kier alpha value is -3.15. The first-order chi connectivity index (χ1) is 13.6. The minimum Gasteiger partial charge on any atom is -0.378 e. The Morgan fingerprint density at radius 3 is 2.71 bits per heavy atom. The van der Waals surface area contributed by atoms with Crippen molar-refractivity contribution in [1.82, 2.24) is 4.98 Å². The summed E-state index contributed by atoms with van der Waals surface area (Å²) in [4.78, 5) is 6.66. The van der Waals surface area contributed by atoms with Gasteiger partial charge in [0, 0.05) is 30.4 Å². The van der Waals surface area contributed by atoms with Gasteiger partial charge in [0.1, 0.15) is 0 Å². The maximum absolute atomic E-state index is 12.8. The number of nitriles is 1. The maximum Gasteiger partial charge on any atom is 0.262 e. The van der Waals surface area contributed by atoms with Crippen LogP contribution in [0, 0.1) is 11.3 Å². The summed E-state index contributed by atoms with van der Waals surface area (Å²) in [6.07, 6.45) is 1.64. The van der Waals surface area contributed by atoms with Gasteiger partial charge in [0.15, 0.2) is 0 Å². The van der Waals surface area contributed by atoms with Crippen LogP contribution in [0.2, 0.25) is 0 Å². The van der Waals surface area contributed by atoms with E-state index in [1.54, 1.807) is 24.4 Å². The summed E-state index contributed by atoms with van der Waals surface area (Å²) in [6, 6.07) is 15.3. The first-order valence-corrected chi connectivity index (χ1v) is 10.3. The van der Waals surface area contributed by atoms with Gasteiger partial charge in [0.25, 0.3) is 10.0 Å². The molecule has 3 aromatic rings. The number of anilines is 2. The molecule has 0 unspecified atom stereocenters. The van der Waals surface area contributed by atoms with Crippen molar-refractivity contribution in [1.29, 1.82) is 5.26 Å². The monoisotopic (exact) mass is 394 g/mol. The predicted octanol–water partition coefficient (Wildman–Crippen LogP) is 2.74. The average Bonchev–Trinajstić information content (AvgIpc) is 2.74. The number of aromatic nitrogens is 1. The van der Waals surface area contributed by atoms with Gasteiger partial charge in [0.05, 0.1) is 40.9 Å². The number of pyridine rings is 1. The molecule has 2 heterocycles. The van der Waals surface area contributed by atoms with Crippen molar-refractivity contribution in [2.45, 2.75) is 4.90 Å². The molecule has 28 heavy (non-hydrogen) atoms. The van der Waals surface area contributed by atoms with E-state index in [0.29, 0.717) is 24.4 Å². The van der Waals surface area contributed by atoms with Crippen molar-refractivity contribution < 1.29 is 13.2 Å². The molecule has 1 saturated heterocycles. The standard InChI is InChI=1S/C20H18N4O3S/c21-14-15-3-1-4-16(13-15)28(25,26)23-18-6-7-19(24-9-11-27-12-10-24)17-5-2-8-22-20(17)18/h1-8,13,23H,9-12H2. The summed E-state index contributed by atoms with van der Waals surface area (Å²) in [5, 5.41) is 9.90. The van der Waals surface area contributed by atoms with Gasteiger partial charge >= 0.3 is 0 Å². The van der Waals surface area contributed by atoms with Gasteiger partial charge in [-0.15, -0.1) is 0 Å². The molecule has 1 N–H and O–H groups in total. The summed E-state index contributed by atoms with van der Waals surface area (Å²) in [7, 11) is -3.85. The van der Waals surface area contributed by atoms with Crippen LogP contribution >= 0.6 is 0 Å². The third-order valence-corrected chi connectivity index (χ3v) is 5.98. The van der Waals surface area contributed by atoms with Crippen LogP contribution in [0.3, 0.4) is 0 Å². The Balaban J connectivity index is 1.74. The molecule has 1 aromatic heterocycles.